The third kappa shape index (κ3) is 3.88. The van der Waals surface area contributed by atoms with Gasteiger partial charge in [-0.1, -0.05) is 11.6 Å². The van der Waals surface area contributed by atoms with Crippen molar-refractivity contribution in [2.45, 2.75) is 26.3 Å². The quantitative estimate of drug-likeness (QED) is 0.852. The summed E-state index contributed by atoms with van der Waals surface area (Å²) in [6.07, 6.45) is 1.78. The van der Waals surface area contributed by atoms with Crippen molar-refractivity contribution in [1.29, 1.82) is 0 Å². The number of aryl methyl sites for hydroxylation is 1. The molecule has 0 aliphatic carbocycles. The van der Waals surface area contributed by atoms with Gasteiger partial charge in [0, 0.05) is 18.7 Å². The number of aromatic nitrogens is 2. The minimum atomic E-state index is 0.142. The molecular formula is C13H19ClN4O. The molecule has 2 heterocycles. The van der Waals surface area contributed by atoms with Gasteiger partial charge >= 0.3 is 0 Å². The van der Waals surface area contributed by atoms with Crippen molar-refractivity contribution < 1.29 is 4.79 Å². The van der Waals surface area contributed by atoms with Crippen LogP contribution in [-0.2, 0) is 11.3 Å². The first-order valence-corrected chi connectivity index (χ1v) is 6.90. The molecule has 2 rings (SSSR count). The summed E-state index contributed by atoms with van der Waals surface area (Å²) < 4.78 is 0. The molecule has 0 radical (unpaired) electrons. The predicted molar refractivity (Wildman–Crippen MR) is 73.8 cm³/mol. The minimum absolute atomic E-state index is 0.142. The monoisotopic (exact) mass is 282 g/mol. The number of rotatable bonds is 3. The molecule has 0 saturated carbocycles. The zero-order valence-corrected chi connectivity index (χ0v) is 12.1. The standard InChI is InChI=1S/C13H19ClN4O/c1-9-7-11(14)17-12(16-9)8-18-5-3-10(4-6-18)13(19)15-2/h7,10H,3-6,8H2,1-2H3,(H,15,19). The smallest absolute Gasteiger partial charge is 0.222 e. The second kappa shape index (κ2) is 6.30. The SMILES string of the molecule is CNC(=O)C1CCN(Cc2nc(C)cc(Cl)n2)CC1. The normalized spacial score (nSPS) is 17.4. The number of carbonyl (C=O) groups is 1. The van der Waals surface area contributed by atoms with Crippen LogP contribution in [-0.4, -0.2) is 40.9 Å². The average molecular weight is 283 g/mol. The summed E-state index contributed by atoms with van der Waals surface area (Å²) in [5.74, 6) is 1.04. The number of carbonyl (C=O) groups excluding carboxylic acids is 1. The molecule has 19 heavy (non-hydrogen) atoms. The average Bonchev–Trinajstić information content (AvgIpc) is 2.37. The highest BCUT2D eigenvalue weighted by Gasteiger charge is 2.24. The summed E-state index contributed by atoms with van der Waals surface area (Å²) in [7, 11) is 1.69. The van der Waals surface area contributed by atoms with Gasteiger partial charge in [0.25, 0.3) is 0 Å². The number of likely N-dealkylation sites (tertiary alicyclic amines) is 1. The summed E-state index contributed by atoms with van der Waals surface area (Å²) in [5.41, 5.74) is 0.884. The van der Waals surface area contributed by atoms with Gasteiger partial charge in [0.1, 0.15) is 11.0 Å². The van der Waals surface area contributed by atoms with E-state index in [9.17, 15) is 4.79 Å². The van der Waals surface area contributed by atoms with Crippen molar-refractivity contribution in [3.05, 3.63) is 22.7 Å². The van der Waals surface area contributed by atoms with Crippen LogP contribution in [0.3, 0.4) is 0 Å². The van der Waals surface area contributed by atoms with Gasteiger partial charge in [-0.3, -0.25) is 9.69 Å². The van der Waals surface area contributed by atoms with Crippen molar-refractivity contribution in [2.24, 2.45) is 5.92 Å². The van der Waals surface area contributed by atoms with Gasteiger partial charge < -0.3 is 5.32 Å². The van der Waals surface area contributed by atoms with Crippen LogP contribution >= 0.6 is 11.6 Å². The Hall–Kier alpha value is -1.20. The molecule has 0 spiro atoms. The molecule has 5 nitrogen and oxygen atoms in total. The van der Waals surface area contributed by atoms with Crippen LogP contribution in [0.5, 0.6) is 0 Å². The number of piperidine rings is 1. The number of nitrogens with zero attached hydrogens (tertiary/aromatic N) is 3. The minimum Gasteiger partial charge on any atom is -0.359 e. The first kappa shape index (κ1) is 14.2. The summed E-state index contributed by atoms with van der Waals surface area (Å²) >= 11 is 5.93. The maximum atomic E-state index is 11.5. The Morgan fingerprint density at radius 3 is 2.74 bits per heavy atom. The molecule has 0 bridgehead atoms. The van der Waals surface area contributed by atoms with E-state index in [0.29, 0.717) is 11.7 Å². The molecule has 6 heteroatoms. The molecular weight excluding hydrogens is 264 g/mol. The second-order valence-electron chi connectivity index (χ2n) is 4.91. The molecule has 104 valence electrons. The van der Waals surface area contributed by atoms with Crippen LogP contribution in [0.25, 0.3) is 0 Å². The van der Waals surface area contributed by atoms with E-state index in [1.54, 1.807) is 13.1 Å². The van der Waals surface area contributed by atoms with Crippen LogP contribution in [0.4, 0.5) is 0 Å². The Labute approximate surface area is 118 Å². The van der Waals surface area contributed by atoms with Gasteiger partial charge in [-0.05, 0) is 38.9 Å². The van der Waals surface area contributed by atoms with Gasteiger partial charge in [-0.15, -0.1) is 0 Å². The third-order valence-electron chi connectivity index (χ3n) is 3.44. The Morgan fingerprint density at radius 1 is 1.47 bits per heavy atom. The highest BCUT2D eigenvalue weighted by Crippen LogP contribution is 2.18. The van der Waals surface area contributed by atoms with Crippen LogP contribution in [0.1, 0.15) is 24.4 Å². The maximum absolute atomic E-state index is 11.5. The molecule has 1 N–H and O–H groups in total. The van der Waals surface area contributed by atoms with Crippen LogP contribution in [0.15, 0.2) is 6.07 Å². The predicted octanol–water partition coefficient (Wildman–Crippen LogP) is 1.40. The van der Waals surface area contributed by atoms with Crippen molar-refractivity contribution in [2.75, 3.05) is 20.1 Å². The topological polar surface area (TPSA) is 58.1 Å². The summed E-state index contributed by atoms with van der Waals surface area (Å²) in [6, 6.07) is 1.75. The number of halogens is 1. The van der Waals surface area contributed by atoms with Gasteiger partial charge in [-0.2, -0.15) is 0 Å². The number of amides is 1. The fourth-order valence-electron chi connectivity index (χ4n) is 2.42. The molecule has 0 atom stereocenters. The molecule has 1 aliphatic heterocycles. The lowest BCUT2D eigenvalue weighted by Crippen LogP contribution is -2.39. The first-order valence-electron chi connectivity index (χ1n) is 6.52. The molecule has 1 aromatic rings. The largest absolute Gasteiger partial charge is 0.359 e. The Morgan fingerprint density at radius 2 is 2.16 bits per heavy atom. The van der Waals surface area contributed by atoms with Crippen LogP contribution in [0.2, 0.25) is 5.15 Å². The van der Waals surface area contributed by atoms with E-state index < -0.39 is 0 Å². The van der Waals surface area contributed by atoms with E-state index in [-0.39, 0.29) is 11.8 Å². The second-order valence-corrected chi connectivity index (χ2v) is 5.30. The van der Waals surface area contributed by atoms with Crippen molar-refractivity contribution in [1.82, 2.24) is 20.2 Å². The Kier molecular flexibility index (Phi) is 4.71. The van der Waals surface area contributed by atoms with Gasteiger partial charge in [0.2, 0.25) is 5.91 Å². The van der Waals surface area contributed by atoms with Crippen molar-refractivity contribution >= 4 is 17.5 Å². The summed E-state index contributed by atoms with van der Waals surface area (Å²) in [4.78, 5) is 22.4. The highest BCUT2D eigenvalue weighted by molar-refractivity contribution is 6.29. The molecule has 1 amide bonds. The van der Waals surface area contributed by atoms with Crippen LogP contribution < -0.4 is 5.32 Å². The summed E-state index contributed by atoms with van der Waals surface area (Å²) in [5, 5.41) is 3.20. The van der Waals surface area contributed by atoms with E-state index in [1.807, 2.05) is 6.92 Å². The lowest BCUT2D eigenvalue weighted by Gasteiger charge is -2.30. The zero-order valence-electron chi connectivity index (χ0n) is 11.3. The van der Waals surface area contributed by atoms with Gasteiger partial charge in [0.15, 0.2) is 0 Å². The van der Waals surface area contributed by atoms with Crippen molar-refractivity contribution in [3.8, 4) is 0 Å². The van der Waals surface area contributed by atoms with Gasteiger partial charge in [-0.25, -0.2) is 9.97 Å². The van der Waals surface area contributed by atoms with E-state index in [4.69, 9.17) is 11.6 Å². The molecule has 1 saturated heterocycles. The molecule has 0 unspecified atom stereocenters. The lowest BCUT2D eigenvalue weighted by molar-refractivity contribution is -0.125. The van der Waals surface area contributed by atoms with Crippen molar-refractivity contribution in [3.63, 3.8) is 0 Å². The van der Waals surface area contributed by atoms with E-state index >= 15 is 0 Å². The molecule has 1 aliphatic rings. The third-order valence-corrected chi connectivity index (χ3v) is 3.63. The fraction of sp³-hybridized carbons (Fsp3) is 0.615. The number of nitrogens with one attached hydrogen (secondary N) is 1. The summed E-state index contributed by atoms with van der Waals surface area (Å²) in [6.45, 7) is 4.40. The maximum Gasteiger partial charge on any atom is 0.222 e. The Balaban J connectivity index is 1.90. The number of hydrogen-bond donors (Lipinski definition) is 1. The molecule has 1 fully saturated rings. The highest BCUT2D eigenvalue weighted by atomic mass is 35.5. The first-order chi connectivity index (χ1) is 9.08. The van der Waals surface area contributed by atoms with E-state index in [0.717, 1.165) is 37.4 Å². The molecule has 1 aromatic heterocycles. The number of hydrogen-bond acceptors (Lipinski definition) is 4. The van der Waals surface area contributed by atoms with E-state index in [1.165, 1.54) is 0 Å². The Bertz CT molecular complexity index is 438. The van der Waals surface area contributed by atoms with Crippen LogP contribution in [0, 0.1) is 12.8 Å². The molecule has 0 aromatic carbocycles. The lowest BCUT2D eigenvalue weighted by atomic mass is 9.96. The fourth-order valence-corrected chi connectivity index (χ4v) is 2.67. The van der Waals surface area contributed by atoms with E-state index in [2.05, 4.69) is 20.2 Å². The van der Waals surface area contributed by atoms with Gasteiger partial charge in [0.05, 0.1) is 6.54 Å². The zero-order chi connectivity index (χ0) is 13.8.